The van der Waals surface area contributed by atoms with Gasteiger partial charge >= 0.3 is 0 Å². The number of ether oxygens (including phenoxy) is 1. The maximum absolute atomic E-state index is 6.31. The summed E-state index contributed by atoms with van der Waals surface area (Å²) in [4.78, 5) is 4.65. The fourth-order valence-corrected chi connectivity index (χ4v) is 3.35. The van der Waals surface area contributed by atoms with E-state index >= 15 is 0 Å². The Morgan fingerprint density at radius 2 is 1.37 bits per heavy atom. The molecular weight excluding hydrogens is 426 g/mol. The summed E-state index contributed by atoms with van der Waals surface area (Å²) in [5, 5.41) is 4.97. The van der Waals surface area contributed by atoms with E-state index in [1.807, 2.05) is 24.3 Å². The Labute approximate surface area is 177 Å². The van der Waals surface area contributed by atoms with Crippen LogP contribution in [0.5, 0.6) is 5.75 Å². The fraction of sp³-hybridized carbons (Fsp3) is 0.0500. The Morgan fingerprint density at radius 1 is 0.815 bits per heavy atom. The molecule has 0 saturated carbocycles. The van der Waals surface area contributed by atoms with Crippen LogP contribution in [-0.2, 0) is 0 Å². The van der Waals surface area contributed by atoms with Gasteiger partial charge in [-0.15, -0.1) is 0 Å². The van der Waals surface area contributed by atoms with E-state index in [1.165, 1.54) is 0 Å². The van der Waals surface area contributed by atoms with Crippen LogP contribution in [0.3, 0.4) is 0 Å². The molecule has 0 aliphatic heterocycles. The first-order valence-electron chi connectivity index (χ1n) is 7.87. The highest BCUT2D eigenvalue weighted by Gasteiger charge is 2.13. The molecule has 7 heteroatoms. The maximum atomic E-state index is 6.31. The zero-order chi connectivity index (χ0) is 19.4. The van der Waals surface area contributed by atoms with Crippen molar-refractivity contribution >= 4 is 63.6 Å². The van der Waals surface area contributed by atoms with Crippen molar-refractivity contribution in [3.8, 4) is 5.75 Å². The van der Waals surface area contributed by atoms with Crippen molar-refractivity contribution < 1.29 is 4.74 Å². The molecule has 0 radical (unpaired) electrons. The van der Waals surface area contributed by atoms with Crippen molar-refractivity contribution in [2.45, 2.75) is 0 Å². The van der Waals surface area contributed by atoms with Crippen molar-refractivity contribution in [2.75, 3.05) is 12.4 Å². The van der Waals surface area contributed by atoms with E-state index in [-0.39, 0.29) is 0 Å². The van der Waals surface area contributed by atoms with Gasteiger partial charge in [0.15, 0.2) is 0 Å². The standard InChI is InChI=1S/C20H14Cl4N2O/c1-27-13-6-2-5-12(11-13)20(25-18-14(21)7-3-8-15(18)22)26-19-16(23)9-4-10-17(19)24/h2-11H,1H3,(H,25,26). The average Bonchev–Trinajstić information content (AvgIpc) is 2.66. The van der Waals surface area contributed by atoms with Crippen LogP contribution in [0.2, 0.25) is 20.1 Å². The molecule has 0 heterocycles. The quantitative estimate of drug-likeness (QED) is 0.337. The molecule has 0 saturated heterocycles. The van der Waals surface area contributed by atoms with Gasteiger partial charge in [-0.3, -0.25) is 0 Å². The van der Waals surface area contributed by atoms with Gasteiger partial charge in [0.25, 0.3) is 0 Å². The highest BCUT2D eigenvalue weighted by Crippen LogP contribution is 2.35. The van der Waals surface area contributed by atoms with E-state index in [2.05, 4.69) is 10.3 Å². The number of rotatable bonds is 4. The van der Waals surface area contributed by atoms with Gasteiger partial charge in [0.05, 0.1) is 32.9 Å². The van der Waals surface area contributed by atoms with E-state index in [9.17, 15) is 0 Å². The number of amidine groups is 1. The van der Waals surface area contributed by atoms with Gasteiger partial charge in [-0.25, -0.2) is 4.99 Å². The molecular formula is C20H14Cl4N2O. The van der Waals surface area contributed by atoms with Gasteiger partial charge in [-0.2, -0.15) is 0 Å². The molecule has 3 rings (SSSR count). The third-order valence-corrected chi connectivity index (χ3v) is 4.95. The van der Waals surface area contributed by atoms with Crippen LogP contribution in [0.15, 0.2) is 65.7 Å². The minimum Gasteiger partial charge on any atom is -0.497 e. The van der Waals surface area contributed by atoms with Crippen molar-refractivity contribution in [3.05, 3.63) is 86.3 Å². The molecule has 3 nitrogen and oxygen atoms in total. The number of anilines is 1. The van der Waals surface area contributed by atoms with Gasteiger partial charge < -0.3 is 10.1 Å². The minimum atomic E-state index is 0.426. The maximum Gasteiger partial charge on any atom is 0.138 e. The second kappa shape index (κ2) is 8.85. The Balaban J connectivity index is 2.16. The molecule has 0 amide bonds. The monoisotopic (exact) mass is 438 g/mol. The largest absolute Gasteiger partial charge is 0.497 e. The summed E-state index contributed by atoms with van der Waals surface area (Å²) in [6.45, 7) is 0. The topological polar surface area (TPSA) is 33.6 Å². The Morgan fingerprint density at radius 3 is 1.96 bits per heavy atom. The number of aliphatic imine (C=N–C) groups is 1. The van der Waals surface area contributed by atoms with Crippen molar-refractivity contribution in [1.82, 2.24) is 0 Å². The molecule has 138 valence electrons. The van der Waals surface area contributed by atoms with E-state index < -0.39 is 0 Å². The molecule has 3 aromatic carbocycles. The van der Waals surface area contributed by atoms with Crippen LogP contribution in [-0.4, -0.2) is 12.9 Å². The van der Waals surface area contributed by atoms with E-state index in [4.69, 9.17) is 51.1 Å². The van der Waals surface area contributed by atoms with Crippen LogP contribution >= 0.6 is 46.4 Å². The number of hydrogen-bond acceptors (Lipinski definition) is 2. The predicted molar refractivity (Wildman–Crippen MR) is 116 cm³/mol. The normalized spacial score (nSPS) is 11.4. The smallest absolute Gasteiger partial charge is 0.138 e. The van der Waals surface area contributed by atoms with Gasteiger partial charge in [0.1, 0.15) is 17.3 Å². The van der Waals surface area contributed by atoms with Crippen LogP contribution in [0.1, 0.15) is 5.56 Å². The van der Waals surface area contributed by atoms with E-state index in [1.54, 1.807) is 43.5 Å². The van der Waals surface area contributed by atoms with E-state index in [0.29, 0.717) is 43.1 Å². The fourth-order valence-electron chi connectivity index (χ4n) is 2.38. The number of hydrogen-bond donors (Lipinski definition) is 1. The second-order valence-corrected chi connectivity index (χ2v) is 7.11. The minimum absolute atomic E-state index is 0.426. The number of para-hydroxylation sites is 2. The first kappa shape index (κ1) is 19.8. The Hall–Kier alpha value is -1.91. The molecule has 0 aromatic heterocycles. The van der Waals surface area contributed by atoms with E-state index in [0.717, 1.165) is 5.56 Å². The summed E-state index contributed by atoms with van der Waals surface area (Å²) in [7, 11) is 1.60. The number of benzene rings is 3. The van der Waals surface area contributed by atoms with Crippen molar-refractivity contribution in [3.63, 3.8) is 0 Å². The summed E-state index contributed by atoms with van der Waals surface area (Å²) in [5.41, 5.74) is 1.72. The number of nitrogens with one attached hydrogen (secondary N) is 1. The predicted octanol–water partition coefficient (Wildman–Crippen LogP) is 7.50. The molecule has 0 aliphatic carbocycles. The lowest BCUT2D eigenvalue weighted by Crippen LogP contribution is -2.14. The average molecular weight is 440 g/mol. The molecule has 0 atom stereocenters. The first-order chi connectivity index (χ1) is 13.0. The third kappa shape index (κ3) is 4.69. The lowest BCUT2D eigenvalue weighted by molar-refractivity contribution is 0.414. The number of nitrogens with zero attached hydrogens (tertiary/aromatic N) is 1. The van der Waals surface area contributed by atoms with Gasteiger partial charge in [-0.1, -0.05) is 70.7 Å². The molecule has 3 aromatic rings. The summed E-state index contributed by atoms with van der Waals surface area (Å²) in [5.74, 6) is 1.15. The van der Waals surface area contributed by atoms with Crippen LogP contribution in [0.25, 0.3) is 0 Å². The third-order valence-electron chi connectivity index (χ3n) is 3.71. The molecule has 27 heavy (non-hydrogen) atoms. The van der Waals surface area contributed by atoms with Crippen molar-refractivity contribution in [2.24, 2.45) is 4.99 Å². The highest BCUT2D eigenvalue weighted by atomic mass is 35.5. The van der Waals surface area contributed by atoms with Crippen molar-refractivity contribution in [1.29, 1.82) is 0 Å². The molecule has 0 unspecified atom stereocenters. The summed E-state index contributed by atoms with van der Waals surface area (Å²) in [6, 6.07) is 17.8. The lowest BCUT2D eigenvalue weighted by atomic mass is 10.1. The summed E-state index contributed by atoms with van der Waals surface area (Å²) >= 11 is 25.2. The van der Waals surface area contributed by atoms with Gasteiger partial charge in [0.2, 0.25) is 0 Å². The molecule has 1 N–H and O–H groups in total. The number of halogens is 4. The van der Waals surface area contributed by atoms with Crippen LogP contribution < -0.4 is 10.1 Å². The van der Waals surface area contributed by atoms with Gasteiger partial charge in [-0.05, 0) is 36.4 Å². The summed E-state index contributed by atoms with van der Waals surface area (Å²) in [6.07, 6.45) is 0. The van der Waals surface area contributed by atoms with Gasteiger partial charge in [0, 0.05) is 5.56 Å². The molecule has 0 fully saturated rings. The zero-order valence-corrected chi connectivity index (χ0v) is 17.2. The Bertz CT molecular complexity index is 965. The molecule has 0 aliphatic rings. The lowest BCUT2D eigenvalue weighted by Gasteiger charge is -2.15. The van der Waals surface area contributed by atoms with Crippen LogP contribution in [0.4, 0.5) is 11.4 Å². The molecule has 0 spiro atoms. The zero-order valence-electron chi connectivity index (χ0n) is 14.1. The Kier molecular flexibility index (Phi) is 6.51. The van der Waals surface area contributed by atoms with Crippen LogP contribution in [0, 0.1) is 0 Å². The SMILES string of the molecule is COc1cccc(C(=Nc2c(Cl)cccc2Cl)Nc2c(Cl)cccc2Cl)c1. The number of methoxy groups -OCH3 is 1. The highest BCUT2D eigenvalue weighted by molar-refractivity contribution is 6.41. The molecule has 0 bridgehead atoms. The second-order valence-electron chi connectivity index (χ2n) is 5.48. The first-order valence-corrected chi connectivity index (χ1v) is 9.39. The summed E-state index contributed by atoms with van der Waals surface area (Å²) < 4.78 is 5.31.